The maximum absolute atomic E-state index is 12.7. The molecule has 0 saturated carbocycles. The van der Waals surface area contributed by atoms with Crippen molar-refractivity contribution in [2.75, 3.05) is 29.9 Å². The van der Waals surface area contributed by atoms with Gasteiger partial charge < -0.3 is 25.0 Å². The van der Waals surface area contributed by atoms with Crippen molar-refractivity contribution in [3.05, 3.63) is 34.9 Å². The smallest absolute Gasteiger partial charge is 0.414 e. The number of anilines is 3. The molecule has 5 rings (SSSR count). The SMILES string of the molecule is CC(C)(C)OC(=O)N1CC2CCN(c3cncc(Nc4cnc(Cl)c5c4C(=O)N(C(=O)O)C5)n3)C2C1. The van der Waals surface area contributed by atoms with Crippen molar-refractivity contribution in [1.82, 2.24) is 24.8 Å². The fraction of sp³-hybridized carbons (Fsp3) is 0.478. The Hall–Kier alpha value is -3.67. The number of rotatable bonds is 3. The first-order valence-electron chi connectivity index (χ1n) is 11.6. The molecule has 0 aliphatic carbocycles. The minimum atomic E-state index is -1.36. The zero-order chi connectivity index (χ0) is 25.8. The Morgan fingerprint density at radius 2 is 2.00 bits per heavy atom. The summed E-state index contributed by atoms with van der Waals surface area (Å²) in [6, 6.07) is 0.0919. The highest BCUT2D eigenvalue weighted by Crippen LogP contribution is 2.37. The zero-order valence-corrected chi connectivity index (χ0v) is 20.8. The molecule has 2 aromatic heterocycles. The fourth-order valence-corrected chi connectivity index (χ4v) is 5.15. The standard InChI is InChI=1S/C23H26ClN7O5/c1-23(2,3)36-22(35)29-9-12-4-5-30(15(12)11-29)17-8-25-7-16(28-17)27-14-6-26-19(24)13-10-31(21(33)34)20(32)18(13)14/h6-8,12,15H,4-5,9-11H2,1-3H3,(H,27,28)(H,33,34). The molecule has 0 aromatic carbocycles. The number of amides is 3. The third-order valence-corrected chi connectivity index (χ3v) is 6.84. The van der Waals surface area contributed by atoms with Crippen LogP contribution in [-0.4, -0.2) is 79.2 Å². The van der Waals surface area contributed by atoms with Crippen molar-refractivity contribution in [2.24, 2.45) is 5.92 Å². The Morgan fingerprint density at radius 1 is 1.22 bits per heavy atom. The Labute approximate surface area is 212 Å². The molecular weight excluding hydrogens is 490 g/mol. The number of pyridine rings is 1. The number of carboxylic acid groups (broad SMARTS) is 1. The predicted molar refractivity (Wildman–Crippen MR) is 130 cm³/mol. The molecule has 3 aliphatic heterocycles. The first-order valence-corrected chi connectivity index (χ1v) is 12.0. The third kappa shape index (κ3) is 4.36. The van der Waals surface area contributed by atoms with Crippen molar-refractivity contribution in [2.45, 2.75) is 45.4 Å². The van der Waals surface area contributed by atoms with E-state index in [-0.39, 0.29) is 29.4 Å². The number of aromatic nitrogens is 3. The normalized spacial score (nSPS) is 21.0. The molecule has 2 unspecified atom stereocenters. The lowest BCUT2D eigenvalue weighted by atomic mass is 10.1. The maximum Gasteiger partial charge on any atom is 0.414 e. The quantitative estimate of drug-likeness (QED) is 0.584. The predicted octanol–water partition coefficient (Wildman–Crippen LogP) is 3.35. The van der Waals surface area contributed by atoms with Gasteiger partial charge in [-0.15, -0.1) is 0 Å². The summed E-state index contributed by atoms with van der Waals surface area (Å²) in [6.45, 7) is 7.32. The van der Waals surface area contributed by atoms with E-state index in [9.17, 15) is 19.5 Å². The zero-order valence-electron chi connectivity index (χ0n) is 20.1. The van der Waals surface area contributed by atoms with Crippen LogP contribution in [0.25, 0.3) is 0 Å². The highest BCUT2D eigenvalue weighted by atomic mass is 35.5. The lowest BCUT2D eigenvalue weighted by molar-refractivity contribution is 0.0284. The summed E-state index contributed by atoms with van der Waals surface area (Å²) < 4.78 is 5.54. The number of hydrogen-bond acceptors (Lipinski definition) is 9. The van der Waals surface area contributed by atoms with Gasteiger partial charge in [0.15, 0.2) is 5.82 Å². The van der Waals surface area contributed by atoms with Crippen LogP contribution in [0.3, 0.4) is 0 Å². The molecule has 5 heterocycles. The van der Waals surface area contributed by atoms with Gasteiger partial charge in [0.1, 0.15) is 16.6 Å². The van der Waals surface area contributed by atoms with E-state index in [2.05, 4.69) is 25.2 Å². The van der Waals surface area contributed by atoms with Gasteiger partial charge in [-0.1, -0.05) is 11.6 Å². The number of carbonyl (C=O) groups is 3. The molecule has 190 valence electrons. The van der Waals surface area contributed by atoms with Crippen LogP contribution in [-0.2, 0) is 11.3 Å². The van der Waals surface area contributed by atoms with Gasteiger partial charge in [-0.25, -0.2) is 24.5 Å². The summed E-state index contributed by atoms with van der Waals surface area (Å²) in [5, 5.41) is 12.5. The van der Waals surface area contributed by atoms with Gasteiger partial charge >= 0.3 is 12.2 Å². The third-order valence-electron chi connectivity index (χ3n) is 6.51. The Morgan fingerprint density at radius 3 is 2.72 bits per heavy atom. The molecule has 0 radical (unpaired) electrons. The van der Waals surface area contributed by atoms with Crippen LogP contribution in [0.15, 0.2) is 18.6 Å². The monoisotopic (exact) mass is 515 g/mol. The molecule has 2 fully saturated rings. The largest absolute Gasteiger partial charge is 0.465 e. The second kappa shape index (κ2) is 8.77. The van der Waals surface area contributed by atoms with Crippen molar-refractivity contribution in [3.8, 4) is 0 Å². The van der Waals surface area contributed by atoms with Crippen LogP contribution in [0, 0.1) is 5.92 Å². The molecule has 12 nitrogen and oxygen atoms in total. The summed E-state index contributed by atoms with van der Waals surface area (Å²) in [5.74, 6) is 0.629. The van der Waals surface area contributed by atoms with E-state index < -0.39 is 17.6 Å². The van der Waals surface area contributed by atoms with Crippen molar-refractivity contribution in [3.63, 3.8) is 0 Å². The number of carbonyl (C=O) groups excluding carboxylic acids is 2. The van der Waals surface area contributed by atoms with Crippen LogP contribution in [0.4, 0.5) is 26.9 Å². The molecule has 2 aromatic rings. The highest BCUT2D eigenvalue weighted by Gasteiger charge is 2.44. The molecule has 36 heavy (non-hydrogen) atoms. The molecule has 2 saturated heterocycles. The number of hydrogen-bond donors (Lipinski definition) is 2. The van der Waals surface area contributed by atoms with Crippen LogP contribution in [0.1, 0.15) is 43.1 Å². The second-order valence-corrected chi connectivity index (χ2v) is 10.4. The van der Waals surface area contributed by atoms with E-state index in [0.717, 1.165) is 13.0 Å². The summed E-state index contributed by atoms with van der Waals surface area (Å²) in [4.78, 5) is 54.4. The van der Waals surface area contributed by atoms with Crippen molar-refractivity contribution >= 4 is 47.0 Å². The molecule has 13 heteroatoms. The summed E-state index contributed by atoms with van der Waals surface area (Å²) in [7, 11) is 0. The number of halogens is 1. The van der Waals surface area contributed by atoms with Crippen molar-refractivity contribution < 1.29 is 24.2 Å². The number of ether oxygens (including phenoxy) is 1. The fourth-order valence-electron chi connectivity index (χ4n) is 4.95. The first-order chi connectivity index (χ1) is 17.0. The number of nitrogens with zero attached hydrogens (tertiary/aromatic N) is 6. The average molecular weight is 516 g/mol. The lowest BCUT2D eigenvalue weighted by Crippen LogP contribution is -2.39. The minimum Gasteiger partial charge on any atom is -0.465 e. The van der Waals surface area contributed by atoms with Crippen molar-refractivity contribution in [1.29, 1.82) is 0 Å². The molecule has 0 spiro atoms. The Balaban J connectivity index is 1.35. The van der Waals surface area contributed by atoms with E-state index in [1.165, 1.54) is 12.4 Å². The topological polar surface area (TPSA) is 141 Å². The van der Waals surface area contributed by atoms with E-state index in [1.54, 1.807) is 11.1 Å². The number of likely N-dealkylation sites (tertiary alicyclic amines) is 1. The summed E-state index contributed by atoms with van der Waals surface area (Å²) >= 11 is 6.13. The number of imide groups is 1. The maximum atomic E-state index is 12.7. The lowest BCUT2D eigenvalue weighted by Gasteiger charge is -2.27. The second-order valence-electron chi connectivity index (χ2n) is 10.1. The van der Waals surface area contributed by atoms with Gasteiger partial charge in [0.2, 0.25) is 0 Å². The van der Waals surface area contributed by atoms with E-state index in [0.29, 0.717) is 46.8 Å². The van der Waals surface area contributed by atoms with E-state index in [4.69, 9.17) is 16.3 Å². The Bertz CT molecular complexity index is 1250. The van der Waals surface area contributed by atoms with Crippen LogP contribution in [0.2, 0.25) is 5.15 Å². The van der Waals surface area contributed by atoms with Crippen LogP contribution >= 0.6 is 11.6 Å². The summed E-state index contributed by atoms with van der Waals surface area (Å²) in [5.41, 5.74) is 0.230. The number of nitrogens with one attached hydrogen (secondary N) is 1. The molecule has 2 N–H and O–H groups in total. The number of fused-ring (bicyclic) bond motifs is 2. The van der Waals surface area contributed by atoms with Gasteiger partial charge in [0.25, 0.3) is 5.91 Å². The van der Waals surface area contributed by atoms with Gasteiger partial charge in [-0.3, -0.25) is 9.78 Å². The van der Waals surface area contributed by atoms with Crippen LogP contribution in [0.5, 0.6) is 0 Å². The molecule has 3 amide bonds. The van der Waals surface area contributed by atoms with Gasteiger partial charge in [0, 0.05) is 31.1 Å². The van der Waals surface area contributed by atoms with Crippen LogP contribution < -0.4 is 10.2 Å². The van der Waals surface area contributed by atoms with E-state index >= 15 is 0 Å². The summed E-state index contributed by atoms with van der Waals surface area (Å²) in [6.07, 6.45) is 3.78. The molecular formula is C23H26ClN7O5. The molecule has 3 aliphatic rings. The molecule has 0 bridgehead atoms. The minimum absolute atomic E-state index is 0.0753. The first kappa shape index (κ1) is 24.0. The highest BCUT2D eigenvalue weighted by molar-refractivity contribution is 6.31. The van der Waals surface area contributed by atoms with E-state index in [1.807, 2.05) is 20.8 Å². The molecule has 2 atom stereocenters. The van der Waals surface area contributed by atoms with Gasteiger partial charge in [0.05, 0.1) is 42.4 Å². The average Bonchev–Trinajstić information content (AvgIpc) is 3.48. The van der Waals surface area contributed by atoms with Gasteiger partial charge in [-0.2, -0.15) is 0 Å². The van der Waals surface area contributed by atoms with Gasteiger partial charge in [-0.05, 0) is 27.2 Å². The Kier molecular flexibility index (Phi) is 5.86.